The van der Waals surface area contributed by atoms with Crippen LogP contribution in [0.4, 0.5) is 0 Å². The smallest absolute Gasteiger partial charge is 0.238 e. The van der Waals surface area contributed by atoms with Crippen LogP contribution in [0.3, 0.4) is 0 Å². The van der Waals surface area contributed by atoms with Crippen molar-refractivity contribution in [3.05, 3.63) is 78.8 Å². The summed E-state index contributed by atoms with van der Waals surface area (Å²) in [6, 6.07) is 16.5. The quantitative estimate of drug-likeness (QED) is 0.603. The highest BCUT2D eigenvalue weighted by molar-refractivity contribution is 7.89. The van der Waals surface area contributed by atoms with Gasteiger partial charge in [-0.3, -0.25) is 4.98 Å². The van der Waals surface area contributed by atoms with E-state index in [4.69, 9.17) is 5.14 Å². The predicted octanol–water partition coefficient (Wildman–Crippen LogP) is 2.79. The third-order valence-electron chi connectivity index (χ3n) is 4.19. The van der Waals surface area contributed by atoms with Crippen molar-refractivity contribution < 1.29 is 8.42 Å². The summed E-state index contributed by atoms with van der Waals surface area (Å²) in [4.78, 5) is 9.09. The van der Waals surface area contributed by atoms with E-state index in [1.165, 1.54) is 12.1 Å². The summed E-state index contributed by atoms with van der Waals surface area (Å²) >= 11 is 0. The summed E-state index contributed by atoms with van der Waals surface area (Å²) in [5, 5.41) is 6.20. The standard InChI is InChI=1S/C19H16N4O2S/c20-26(24,25)16-8-6-14(7-9-16)13-23-12-11-22-19(23)17-5-1-3-15-4-2-10-21-18(15)17/h1-12H,13H2,(H2,20,24,25). The molecular formula is C19H16N4O2S. The van der Waals surface area contributed by atoms with Crippen LogP contribution in [-0.4, -0.2) is 23.0 Å². The number of hydrogen-bond donors (Lipinski definition) is 1. The van der Waals surface area contributed by atoms with E-state index in [1.54, 1.807) is 24.5 Å². The zero-order valence-electron chi connectivity index (χ0n) is 13.8. The highest BCUT2D eigenvalue weighted by Gasteiger charge is 2.12. The van der Waals surface area contributed by atoms with Crippen LogP contribution >= 0.6 is 0 Å². The Morgan fingerprint density at radius 1 is 0.923 bits per heavy atom. The fourth-order valence-corrected chi connectivity index (χ4v) is 3.46. The molecule has 4 rings (SSSR count). The third kappa shape index (κ3) is 3.10. The number of benzene rings is 2. The molecule has 2 N–H and O–H groups in total. The summed E-state index contributed by atoms with van der Waals surface area (Å²) in [6.45, 7) is 0.559. The Morgan fingerprint density at radius 3 is 2.46 bits per heavy atom. The van der Waals surface area contributed by atoms with E-state index in [2.05, 4.69) is 9.97 Å². The zero-order chi connectivity index (χ0) is 18.1. The van der Waals surface area contributed by atoms with Gasteiger partial charge in [-0.15, -0.1) is 0 Å². The van der Waals surface area contributed by atoms with E-state index in [9.17, 15) is 8.42 Å². The maximum Gasteiger partial charge on any atom is 0.238 e. The Labute approximate surface area is 151 Å². The van der Waals surface area contributed by atoms with Gasteiger partial charge in [0.25, 0.3) is 0 Å². The maximum absolute atomic E-state index is 11.4. The molecule has 0 aliphatic rings. The van der Waals surface area contributed by atoms with Crippen molar-refractivity contribution in [3.8, 4) is 11.4 Å². The average molecular weight is 364 g/mol. The number of rotatable bonds is 4. The second kappa shape index (κ2) is 6.36. The lowest BCUT2D eigenvalue weighted by molar-refractivity contribution is 0.597. The highest BCUT2D eigenvalue weighted by Crippen LogP contribution is 2.26. The second-order valence-corrected chi connectivity index (χ2v) is 7.51. The monoisotopic (exact) mass is 364 g/mol. The number of nitrogens with zero attached hydrogens (tertiary/aromatic N) is 3. The van der Waals surface area contributed by atoms with E-state index < -0.39 is 10.0 Å². The van der Waals surface area contributed by atoms with Gasteiger partial charge < -0.3 is 4.57 Å². The number of pyridine rings is 1. The van der Waals surface area contributed by atoms with Crippen LogP contribution in [0.5, 0.6) is 0 Å². The van der Waals surface area contributed by atoms with Crippen molar-refractivity contribution in [3.63, 3.8) is 0 Å². The van der Waals surface area contributed by atoms with E-state index in [-0.39, 0.29) is 4.90 Å². The van der Waals surface area contributed by atoms with Crippen LogP contribution in [0.2, 0.25) is 0 Å². The summed E-state index contributed by atoms with van der Waals surface area (Å²) < 4.78 is 24.8. The molecule has 0 saturated heterocycles. The van der Waals surface area contributed by atoms with E-state index >= 15 is 0 Å². The molecule has 0 amide bonds. The normalized spacial score (nSPS) is 11.7. The van der Waals surface area contributed by atoms with Gasteiger partial charge in [0.15, 0.2) is 0 Å². The first kappa shape index (κ1) is 16.4. The number of para-hydroxylation sites is 1. The van der Waals surface area contributed by atoms with Crippen molar-refractivity contribution in [1.82, 2.24) is 14.5 Å². The molecule has 6 nitrogen and oxygen atoms in total. The van der Waals surface area contributed by atoms with Crippen LogP contribution in [-0.2, 0) is 16.6 Å². The first-order valence-electron chi connectivity index (χ1n) is 7.99. The molecule has 26 heavy (non-hydrogen) atoms. The Kier molecular flexibility index (Phi) is 4.02. The summed E-state index contributed by atoms with van der Waals surface area (Å²) in [5.41, 5.74) is 2.80. The lowest BCUT2D eigenvalue weighted by Crippen LogP contribution is -2.12. The number of nitrogens with two attached hydrogens (primary N) is 1. The van der Waals surface area contributed by atoms with Crippen molar-refractivity contribution in [2.75, 3.05) is 0 Å². The Hall–Kier alpha value is -3.03. The molecule has 2 heterocycles. The average Bonchev–Trinajstić information content (AvgIpc) is 3.09. The molecule has 4 aromatic rings. The topological polar surface area (TPSA) is 90.9 Å². The first-order chi connectivity index (χ1) is 12.5. The van der Waals surface area contributed by atoms with Gasteiger partial charge in [0.1, 0.15) is 5.82 Å². The van der Waals surface area contributed by atoms with Crippen LogP contribution in [0.1, 0.15) is 5.56 Å². The number of fused-ring (bicyclic) bond motifs is 1. The number of aromatic nitrogens is 3. The van der Waals surface area contributed by atoms with Crippen molar-refractivity contribution >= 4 is 20.9 Å². The second-order valence-electron chi connectivity index (χ2n) is 5.95. The Balaban J connectivity index is 1.71. The molecule has 0 atom stereocenters. The van der Waals surface area contributed by atoms with Gasteiger partial charge >= 0.3 is 0 Å². The Morgan fingerprint density at radius 2 is 1.69 bits per heavy atom. The molecule has 0 aliphatic carbocycles. The van der Waals surface area contributed by atoms with E-state index in [0.29, 0.717) is 6.54 Å². The van der Waals surface area contributed by atoms with Crippen LogP contribution in [0.25, 0.3) is 22.3 Å². The van der Waals surface area contributed by atoms with Crippen molar-refractivity contribution in [2.24, 2.45) is 5.14 Å². The maximum atomic E-state index is 11.4. The zero-order valence-corrected chi connectivity index (χ0v) is 14.6. The SMILES string of the molecule is NS(=O)(=O)c1ccc(Cn2ccnc2-c2cccc3cccnc23)cc1. The molecule has 2 aromatic heterocycles. The minimum atomic E-state index is -3.68. The molecule has 2 aromatic carbocycles. The third-order valence-corrected chi connectivity index (χ3v) is 5.12. The molecule has 0 radical (unpaired) electrons. The Bertz CT molecular complexity index is 1180. The molecule has 0 saturated carbocycles. The van der Waals surface area contributed by atoms with Gasteiger partial charge in [0.2, 0.25) is 10.0 Å². The molecule has 0 bridgehead atoms. The molecular weight excluding hydrogens is 348 g/mol. The van der Waals surface area contributed by atoms with Crippen LogP contribution < -0.4 is 5.14 Å². The highest BCUT2D eigenvalue weighted by atomic mass is 32.2. The van der Waals surface area contributed by atoms with Gasteiger partial charge in [-0.1, -0.05) is 30.3 Å². The predicted molar refractivity (Wildman–Crippen MR) is 99.9 cm³/mol. The minimum absolute atomic E-state index is 0.102. The van der Waals surface area contributed by atoms with Crippen molar-refractivity contribution in [1.29, 1.82) is 0 Å². The fourth-order valence-electron chi connectivity index (χ4n) is 2.95. The van der Waals surface area contributed by atoms with Crippen LogP contribution in [0, 0.1) is 0 Å². The van der Waals surface area contributed by atoms with Gasteiger partial charge in [-0.2, -0.15) is 0 Å². The molecule has 0 spiro atoms. The lowest BCUT2D eigenvalue weighted by Gasteiger charge is -2.10. The molecule has 0 unspecified atom stereocenters. The van der Waals surface area contributed by atoms with E-state index in [1.807, 2.05) is 41.1 Å². The number of primary sulfonamides is 1. The van der Waals surface area contributed by atoms with Gasteiger partial charge in [0.05, 0.1) is 10.4 Å². The molecule has 130 valence electrons. The minimum Gasteiger partial charge on any atom is -0.327 e. The molecule has 0 aliphatic heterocycles. The van der Waals surface area contributed by atoms with Gasteiger partial charge in [0, 0.05) is 36.1 Å². The lowest BCUT2D eigenvalue weighted by atomic mass is 10.1. The first-order valence-corrected chi connectivity index (χ1v) is 9.54. The number of sulfonamides is 1. The molecule has 7 heteroatoms. The number of imidazole rings is 1. The summed E-state index contributed by atoms with van der Waals surface area (Å²) in [6.07, 6.45) is 5.41. The van der Waals surface area contributed by atoms with Gasteiger partial charge in [-0.05, 0) is 29.8 Å². The summed E-state index contributed by atoms with van der Waals surface area (Å²) in [7, 11) is -3.68. The molecule has 0 fully saturated rings. The largest absolute Gasteiger partial charge is 0.327 e. The van der Waals surface area contributed by atoms with Gasteiger partial charge in [-0.25, -0.2) is 18.5 Å². The number of hydrogen-bond acceptors (Lipinski definition) is 4. The van der Waals surface area contributed by atoms with Crippen LogP contribution in [0.15, 0.2) is 78.1 Å². The summed E-state index contributed by atoms with van der Waals surface area (Å²) in [5.74, 6) is 0.810. The van der Waals surface area contributed by atoms with Crippen molar-refractivity contribution in [2.45, 2.75) is 11.4 Å². The fraction of sp³-hybridized carbons (Fsp3) is 0.0526. The van der Waals surface area contributed by atoms with E-state index in [0.717, 1.165) is 27.9 Å².